The molecule has 0 aliphatic carbocycles. The summed E-state index contributed by atoms with van der Waals surface area (Å²) < 4.78 is 0. The first-order valence-electron chi connectivity index (χ1n) is 8.47. The maximum atomic E-state index is 12.8. The van der Waals surface area contributed by atoms with Crippen LogP contribution >= 0.6 is 0 Å². The van der Waals surface area contributed by atoms with Gasteiger partial charge in [0, 0.05) is 19.5 Å². The fraction of sp³-hybridized carbons (Fsp3) is 0.300. The SMILES string of the molecule is Cc1ccccc1[C@H]1C(=O)NCCN1C(=O)CCc1ccc(O)cc1. The van der Waals surface area contributed by atoms with Crippen LogP contribution in [-0.4, -0.2) is 34.9 Å². The first-order valence-corrected chi connectivity index (χ1v) is 8.47. The minimum atomic E-state index is -0.567. The molecule has 1 aliphatic rings. The predicted octanol–water partition coefficient (Wildman–Crippen LogP) is 2.33. The van der Waals surface area contributed by atoms with E-state index in [0.717, 1.165) is 16.7 Å². The normalized spacial score (nSPS) is 17.2. The minimum Gasteiger partial charge on any atom is -0.508 e. The summed E-state index contributed by atoms with van der Waals surface area (Å²) in [5, 5.41) is 12.2. The summed E-state index contributed by atoms with van der Waals surface area (Å²) in [4.78, 5) is 26.9. The number of benzene rings is 2. The smallest absolute Gasteiger partial charge is 0.247 e. The van der Waals surface area contributed by atoms with Crippen LogP contribution in [0.3, 0.4) is 0 Å². The number of piperazine rings is 1. The van der Waals surface area contributed by atoms with Gasteiger partial charge in [-0.3, -0.25) is 9.59 Å². The van der Waals surface area contributed by atoms with E-state index in [9.17, 15) is 14.7 Å². The van der Waals surface area contributed by atoms with Gasteiger partial charge in [0.1, 0.15) is 11.8 Å². The van der Waals surface area contributed by atoms with E-state index in [-0.39, 0.29) is 17.6 Å². The molecule has 2 aromatic rings. The third-order valence-corrected chi connectivity index (χ3v) is 4.58. The van der Waals surface area contributed by atoms with Crippen LogP contribution in [0, 0.1) is 6.92 Å². The maximum Gasteiger partial charge on any atom is 0.247 e. The summed E-state index contributed by atoms with van der Waals surface area (Å²) in [5.41, 5.74) is 2.86. The highest BCUT2D eigenvalue weighted by atomic mass is 16.3. The Balaban J connectivity index is 1.76. The zero-order valence-corrected chi connectivity index (χ0v) is 14.2. The van der Waals surface area contributed by atoms with E-state index in [2.05, 4.69) is 5.32 Å². The fourth-order valence-corrected chi connectivity index (χ4v) is 3.20. The number of nitrogens with one attached hydrogen (secondary N) is 1. The Morgan fingerprint density at radius 3 is 2.64 bits per heavy atom. The van der Waals surface area contributed by atoms with Gasteiger partial charge in [0.15, 0.2) is 0 Å². The molecule has 0 aromatic heterocycles. The molecule has 5 heteroatoms. The molecule has 2 N–H and O–H groups in total. The molecular weight excluding hydrogens is 316 g/mol. The molecule has 5 nitrogen and oxygen atoms in total. The molecule has 2 aromatic carbocycles. The van der Waals surface area contributed by atoms with Crippen molar-refractivity contribution in [2.75, 3.05) is 13.1 Å². The van der Waals surface area contributed by atoms with Crippen molar-refractivity contribution >= 4 is 11.8 Å². The molecule has 1 fully saturated rings. The Kier molecular flexibility index (Phi) is 5.03. The maximum absolute atomic E-state index is 12.8. The number of aryl methyl sites for hydroxylation is 2. The second-order valence-corrected chi connectivity index (χ2v) is 6.30. The highest BCUT2D eigenvalue weighted by Crippen LogP contribution is 2.27. The highest BCUT2D eigenvalue weighted by Gasteiger charge is 2.34. The van der Waals surface area contributed by atoms with Crippen molar-refractivity contribution in [3.63, 3.8) is 0 Å². The van der Waals surface area contributed by atoms with Crippen LogP contribution in [0.5, 0.6) is 5.75 Å². The van der Waals surface area contributed by atoms with Gasteiger partial charge in [-0.05, 0) is 42.2 Å². The van der Waals surface area contributed by atoms with Gasteiger partial charge in [-0.15, -0.1) is 0 Å². The molecule has 1 saturated heterocycles. The fourth-order valence-electron chi connectivity index (χ4n) is 3.20. The van der Waals surface area contributed by atoms with Crippen LogP contribution in [0.2, 0.25) is 0 Å². The van der Waals surface area contributed by atoms with Gasteiger partial charge in [0.25, 0.3) is 0 Å². The summed E-state index contributed by atoms with van der Waals surface area (Å²) in [6.45, 7) is 2.95. The monoisotopic (exact) mass is 338 g/mol. The number of rotatable bonds is 4. The van der Waals surface area contributed by atoms with Crippen LogP contribution in [-0.2, 0) is 16.0 Å². The molecule has 3 rings (SSSR count). The number of phenols is 1. The van der Waals surface area contributed by atoms with Gasteiger partial charge in [0.2, 0.25) is 11.8 Å². The lowest BCUT2D eigenvalue weighted by atomic mass is 9.97. The van der Waals surface area contributed by atoms with E-state index in [1.807, 2.05) is 43.3 Å². The summed E-state index contributed by atoms with van der Waals surface area (Å²) in [6.07, 6.45) is 0.915. The largest absolute Gasteiger partial charge is 0.508 e. The average molecular weight is 338 g/mol. The summed E-state index contributed by atoms with van der Waals surface area (Å²) in [5.74, 6) is 0.0529. The lowest BCUT2D eigenvalue weighted by Gasteiger charge is -2.36. The van der Waals surface area contributed by atoms with E-state index in [1.54, 1.807) is 17.0 Å². The van der Waals surface area contributed by atoms with Crippen LogP contribution in [0.1, 0.15) is 29.2 Å². The predicted molar refractivity (Wildman–Crippen MR) is 95.1 cm³/mol. The average Bonchev–Trinajstić information content (AvgIpc) is 2.61. The Morgan fingerprint density at radius 1 is 1.20 bits per heavy atom. The Hall–Kier alpha value is -2.82. The van der Waals surface area contributed by atoms with Crippen molar-refractivity contribution in [2.24, 2.45) is 0 Å². The van der Waals surface area contributed by atoms with E-state index in [4.69, 9.17) is 0 Å². The molecule has 0 unspecified atom stereocenters. The number of phenolic OH excluding ortho intramolecular Hbond substituents is 1. The van der Waals surface area contributed by atoms with E-state index in [1.165, 1.54) is 0 Å². The standard InChI is InChI=1S/C20H22N2O3/c1-14-4-2-3-5-17(14)19-20(25)21-12-13-22(19)18(24)11-8-15-6-9-16(23)10-7-15/h2-7,9-10,19,23H,8,11-13H2,1H3,(H,21,25)/t19-/m0/s1. The minimum absolute atomic E-state index is 0.0313. The van der Waals surface area contributed by atoms with Crippen molar-refractivity contribution < 1.29 is 14.7 Å². The molecule has 0 bridgehead atoms. The number of amides is 2. The Labute approximate surface area is 147 Å². The molecule has 1 atom stereocenters. The quantitative estimate of drug-likeness (QED) is 0.899. The van der Waals surface area contributed by atoms with Crippen molar-refractivity contribution in [3.05, 3.63) is 65.2 Å². The molecule has 0 radical (unpaired) electrons. The second kappa shape index (κ2) is 7.38. The van der Waals surface area contributed by atoms with E-state index < -0.39 is 6.04 Å². The van der Waals surface area contributed by atoms with Crippen molar-refractivity contribution in [1.82, 2.24) is 10.2 Å². The molecule has 25 heavy (non-hydrogen) atoms. The lowest BCUT2D eigenvalue weighted by Crippen LogP contribution is -2.52. The Morgan fingerprint density at radius 2 is 1.92 bits per heavy atom. The number of carbonyl (C=O) groups is 2. The molecule has 1 heterocycles. The van der Waals surface area contributed by atoms with Gasteiger partial charge < -0.3 is 15.3 Å². The highest BCUT2D eigenvalue weighted by molar-refractivity contribution is 5.90. The number of hydrogen-bond donors (Lipinski definition) is 2. The molecular formula is C20H22N2O3. The van der Waals surface area contributed by atoms with Crippen LogP contribution in [0.4, 0.5) is 0 Å². The van der Waals surface area contributed by atoms with Gasteiger partial charge in [-0.2, -0.15) is 0 Å². The van der Waals surface area contributed by atoms with Gasteiger partial charge in [-0.1, -0.05) is 36.4 Å². The van der Waals surface area contributed by atoms with E-state index in [0.29, 0.717) is 25.9 Å². The first-order chi connectivity index (χ1) is 12.1. The van der Waals surface area contributed by atoms with Crippen LogP contribution < -0.4 is 5.32 Å². The van der Waals surface area contributed by atoms with Crippen molar-refractivity contribution in [1.29, 1.82) is 0 Å². The zero-order chi connectivity index (χ0) is 17.8. The molecule has 0 saturated carbocycles. The van der Waals surface area contributed by atoms with Crippen LogP contribution in [0.15, 0.2) is 48.5 Å². The third kappa shape index (κ3) is 3.82. The van der Waals surface area contributed by atoms with E-state index >= 15 is 0 Å². The van der Waals surface area contributed by atoms with Crippen molar-refractivity contribution in [2.45, 2.75) is 25.8 Å². The number of hydrogen-bond acceptors (Lipinski definition) is 3. The van der Waals surface area contributed by atoms with Gasteiger partial charge in [0.05, 0.1) is 0 Å². The van der Waals surface area contributed by atoms with Gasteiger partial charge >= 0.3 is 0 Å². The molecule has 1 aliphatic heterocycles. The topological polar surface area (TPSA) is 69.6 Å². The van der Waals surface area contributed by atoms with Crippen LogP contribution in [0.25, 0.3) is 0 Å². The number of nitrogens with zero attached hydrogens (tertiary/aromatic N) is 1. The zero-order valence-electron chi connectivity index (χ0n) is 14.2. The van der Waals surface area contributed by atoms with Gasteiger partial charge in [-0.25, -0.2) is 0 Å². The molecule has 0 spiro atoms. The number of carbonyl (C=O) groups excluding carboxylic acids is 2. The number of aromatic hydroxyl groups is 1. The molecule has 2 amide bonds. The summed E-state index contributed by atoms with van der Waals surface area (Å²) in [6, 6.07) is 14.0. The summed E-state index contributed by atoms with van der Waals surface area (Å²) >= 11 is 0. The summed E-state index contributed by atoms with van der Waals surface area (Å²) in [7, 11) is 0. The molecule has 130 valence electrons. The van der Waals surface area contributed by atoms with Crippen molar-refractivity contribution in [3.8, 4) is 5.75 Å². The lowest BCUT2D eigenvalue weighted by molar-refractivity contribution is -0.143. The Bertz CT molecular complexity index is 771. The first kappa shape index (κ1) is 17.0. The second-order valence-electron chi connectivity index (χ2n) is 6.30. The third-order valence-electron chi connectivity index (χ3n) is 4.58.